The lowest BCUT2D eigenvalue weighted by molar-refractivity contribution is -0.145. The molecule has 0 bridgehead atoms. The van der Waals surface area contributed by atoms with Crippen molar-refractivity contribution in [2.24, 2.45) is 5.73 Å². The lowest BCUT2D eigenvalue weighted by atomic mass is 10.2. The maximum atomic E-state index is 11.3. The minimum absolute atomic E-state index is 0.131. The van der Waals surface area contributed by atoms with E-state index >= 15 is 0 Å². The average molecular weight is 237 g/mol. The highest BCUT2D eigenvalue weighted by Gasteiger charge is 2.15. The molecule has 1 aromatic carbocycles. The van der Waals surface area contributed by atoms with Gasteiger partial charge in [0.05, 0.1) is 6.61 Å². The Morgan fingerprint density at radius 1 is 1.41 bits per heavy atom. The van der Waals surface area contributed by atoms with E-state index in [1.54, 1.807) is 6.92 Å². The van der Waals surface area contributed by atoms with Crippen LogP contribution in [0.1, 0.15) is 19.4 Å². The van der Waals surface area contributed by atoms with E-state index in [1.165, 1.54) is 5.56 Å². The molecular weight excluding hydrogens is 218 g/mol. The average Bonchev–Trinajstić information content (AvgIpc) is 2.36. The molecule has 0 amide bonds. The molecule has 1 atom stereocenters. The summed E-state index contributed by atoms with van der Waals surface area (Å²) in [4.78, 5) is 11.3. The van der Waals surface area contributed by atoms with Crippen molar-refractivity contribution < 1.29 is 14.3 Å². The fraction of sp³-hybridized carbons (Fsp3) is 0.462. The molecule has 2 N–H and O–H groups in total. The van der Waals surface area contributed by atoms with Crippen molar-refractivity contribution in [1.29, 1.82) is 0 Å². The van der Waals surface area contributed by atoms with Crippen LogP contribution in [0, 0.1) is 0 Å². The number of hydrogen-bond donors (Lipinski definition) is 1. The summed E-state index contributed by atoms with van der Waals surface area (Å²) in [5.74, 6) is 0.295. The van der Waals surface area contributed by atoms with Crippen LogP contribution in [0.3, 0.4) is 0 Å². The normalized spacial score (nSPS) is 11.9. The Balaban J connectivity index is 2.46. The number of ether oxygens (including phenoxy) is 2. The van der Waals surface area contributed by atoms with E-state index < -0.39 is 12.0 Å². The maximum Gasteiger partial charge on any atom is 0.326 e. The predicted molar refractivity (Wildman–Crippen MR) is 65.9 cm³/mol. The molecule has 4 heteroatoms. The SMILES string of the molecule is CCOC(=O)C(N)COc1cccc(CC)c1. The van der Waals surface area contributed by atoms with Gasteiger partial charge in [0.1, 0.15) is 18.4 Å². The van der Waals surface area contributed by atoms with Crippen LogP contribution in [-0.4, -0.2) is 25.2 Å². The van der Waals surface area contributed by atoms with Crippen LogP contribution in [0.4, 0.5) is 0 Å². The van der Waals surface area contributed by atoms with Crippen LogP contribution in [0.25, 0.3) is 0 Å². The molecule has 0 saturated carbocycles. The molecule has 0 aliphatic carbocycles. The first-order chi connectivity index (χ1) is 8.17. The number of carbonyl (C=O) groups excluding carboxylic acids is 1. The highest BCUT2D eigenvalue weighted by atomic mass is 16.5. The number of benzene rings is 1. The number of rotatable bonds is 6. The molecule has 1 rings (SSSR count). The Kier molecular flexibility index (Phi) is 5.49. The zero-order chi connectivity index (χ0) is 12.7. The molecule has 94 valence electrons. The predicted octanol–water partition coefficient (Wildman–Crippen LogP) is 1.52. The van der Waals surface area contributed by atoms with E-state index in [0.29, 0.717) is 6.61 Å². The molecule has 0 heterocycles. The van der Waals surface area contributed by atoms with Crippen LogP contribution in [-0.2, 0) is 16.0 Å². The molecule has 0 aromatic heterocycles. The molecule has 1 unspecified atom stereocenters. The zero-order valence-electron chi connectivity index (χ0n) is 10.3. The van der Waals surface area contributed by atoms with Crippen molar-refractivity contribution in [2.45, 2.75) is 26.3 Å². The van der Waals surface area contributed by atoms with Gasteiger partial charge in [-0.2, -0.15) is 0 Å². The van der Waals surface area contributed by atoms with E-state index in [9.17, 15) is 4.79 Å². The van der Waals surface area contributed by atoms with Gasteiger partial charge < -0.3 is 15.2 Å². The second-order valence-electron chi connectivity index (χ2n) is 3.67. The molecule has 1 aromatic rings. The third-order valence-electron chi connectivity index (χ3n) is 2.33. The Morgan fingerprint density at radius 2 is 2.18 bits per heavy atom. The summed E-state index contributed by atoms with van der Waals surface area (Å²) in [6, 6.07) is 7.00. The third-order valence-corrected chi connectivity index (χ3v) is 2.33. The van der Waals surface area contributed by atoms with Gasteiger partial charge in [0.2, 0.25) is 0 Å². The monoisotopic (exact) mass is 237 g/mol. The number of hydrogen-bond acceptors (Lipinski definition) is 4. The molecule has 0 aliphatic heterocycles. The molecule has 4 nitrogen and oxygen atoms in total. The van der Waals surface area contributed by atoms with E-state index in [4.69, 9.17) is 15.2 Å². The van der Waals surface area contributed by atoms with Gasteiger partial charge in [0, 0.05) is 0 Å². The summed E-state index contributed by atoms with van der Waals surface area (Å²) in [7, 11) is 0. The molecule has 17 heavy (non-hydrogen) atoms. The number of nitrogens with two attached hydrogens (primary N) is 1. The highest BCUT2D eigenvalue weighted by molar-refractivity contribution is 5.75. The lowest BCUT2D eigenvalue weighted by Gasteiger charge is -2.12. The van der Waals surface area contributed by atoms with Gasteiger partial charge in [0.25, 0.3) is 0 Å². The maximum absolute atomic E-state index is 11.3. The Bertz CT molecular complexity index is 365. The van der Waals surface area contributed by atoms with Crippen molar-refractivity contribution in [3.63, 3.8) is 0 Å². The minimum Gasteiger partial charge on any atom is -0.491 e. The Hall–Kier alpha value is -1.55. The van der Waals surface area contributed by atoms with Gasteiger partial charge >= 0.3 is 5.97 Å². The standard InChI is InChI=1S/C13H19NO3/c1-3-10-6-5-7-11(8-10)17-9-12(14)13(15)16-4-2/h5-8,12H,3-4,9,14H2,1-2H3. The Morgan fingerprint density at radius 3 is 2.82 bits per heavy atom. The molecule has 0 radical (unpaired) electrons. The lowest BCUT2D eigenvalue weighted by Crippen LogP contribution is -2.37. The second kappa shape index (κ2) is 6.91. The van der Waals surface area contributed by atoms with Crippen molar-refractivity contribution in [2.75, 3.05) is 13.2 Å². The highest BCUT2D eigenvalue weighted by Crippen LogP contribution is 2.13. The first kappa shape index (κ1) is 13.5. The quantitative estimate of drug-likeness (QED) is 0.762. The summed E-state index contributed by atoms with van der Waals surface area (Å²) >= 11 is 0. The van der Waals surface area contributed by atoms with E-state index in [0.717, 1.165) is 12.2 Å². The number of aryl methyl sites for hydroxylation is 1. The van der Waals surface area contributed by atoms with Gasteiger partial charge in [-0.15, -0.1) is 0 Å². The largest absolute Gasteiger partial charge is 0.491 e. The third kappa shape index (κ3) is 4.44. The number of carbonyl (C=O) groups is 1. The summed E-state index contributed by atoms with van der Waals surface area (Å²) in [6.07, 6.45) is 0.946. The van der Waals surface area contributed by atoms with E-state index in [2.05, 4.69) is 6.92 Å². The topological polar surface area (TPSA) is 61.5 Å². The smallest absolute Gasteiger partial charge is 0.326 e. The molecule has 0 saturated heterocycles. The number of esters is 1. The van der Waals surface area contributed by atoms with Crippen LogP contribution in [0.5, 0.6) is 5.75 Å². The molecular formula is C13H19NO3. The summed E-state index contributed by atoms with van der Waals surface area (Å²) in [5, 5.41) is 0. The van der Waals surface area contributed by atoms with Crippen LogP contribution in [0.2, 0.25) is 0 Å². The van der Waals surface area contributed by atoms with Crippen LogP contribution in [0.15, 0.2) is 24.3 Å². The molecule has 0 aliphatic rings. The van der Waals surface area contributed by atoms with Crippen molar-refractivity contribution in [1.82, 2.24) is 0 Å². The minimum atomic E-state index is -0.736. The van der Waals surface area contributed by atoms with E-state index in [-0.39, 0.29) is 6.61 Å². The van der Waals surface area contributed by atoms with Gasteiger partial charge in [-0.05, 0) is 31.0 Å². The summed E-state index contributed by atoms with van der Waals surface area (Å²) in [6.45, 7) is 4.28. The first-order valence-electron chi connectivity index (χ1n) is 5.81. The Labute approximate surface area is 102 Å². The second-order valence-corrected chi connectivity index (χ2v) is 3.67. The van der Waals surface area contributed by atoms with Crippen LogP contribution < -0.4 is 10.5 Å². The fourth-order valence-corrected chi connectivity index (χ4v) is 1.36. The van der Waals surface area contributed by atoms with Gasteiger partial charge in [-0.25, -0.2) is 0 Å². The molecule has 0 spiro atoms. The molecule has 0 fully saturated rings. The van der Waals surface area contributed by atoms with E-state index in [1.807, 2.05) is 24.3 Å². The zero-order valence-corrected chi connectivity index (χ0v) is 10.3. The van der Waals surface area contributed by atoms with Crippen molar-refractivity contribution in [3.8, 4) is 5.75 Å². The van der Waals surface area contributed by atoms with Gasteiger partial charge in [-0.1, -0.05) is 19.1 Å². The van der Waals surface area contributed by atoms with Gasteiger partial charge in [0.15, 0.2) is 0 Å². The van der Waals surface area contributed by atoms with Gasteiger partial charge in [-0.3, -0.25) is 4.79 Å². The van der Waals surface area contributed by atoms with Crippen LogP contribution >= 0.6 is 0 Å². The summed E-state index contributed by atoms with van der Waals surface area (Å²) < 4.78 is 10.2. The summed E-state index contributed by atoms with van der Waals surface area (Å²) in [5.41, 5.74) is 6.81. The first-order valence-corrected chi connectivity index (χ1v) is 5.81. The van der Waals surface area contributed by atoms with Crippen molar-refractivity contribution >= 4 is 5.97 Å². The fourth-order valence-electron chi connectivity index (χ4n) is 1.36. The van der Waals surface area contributed by atoms with Crippen molar-refractivity contribution in [3.05, 3.63) is 29.8 Å².